The van der Waals surface area contributed by atoms with Crippen molar-refractivity contribution in [3.8, 4) is 0 Å². The molecule has 0 spiro atoms. The van der Waals surface area contributed by atoms with Crippen molar-refractivity contribution in [2.75, 3.05) is 20.1 Å². The molecule has 1 fully saturated rings. The van der Waals surface area contributed by atoms with Crippen molar-refractivity contribution < 1.29 is 14.2 Å². The van der Waals surface area contributed by atoms with Gasteiger partial charge in [0.15, 0.2) is 0 Å². The van der Waals surface area contributed by atoms with Gasteiger partial charge < -0.3 is 25.8 Å². The molecule has 1 aromatic heterocycles. The van der Waals surface area contributed by atoms with Gasteiger partial charge >= 0.3 is 7.05 Å². The molecule has 39 heavy (non-hydrogen) atoms. The van der Waals surface area contributed by atoms with E-state index >= 15 is 0 Å². The average molecular weight is 537 g/mol. The third-order valence-electron chi connectivity index (χ3n) is 7.18. The smallest absolute Gasteiger partial charge is 0.406 e. The fourth-order valence-electron chi connectivity index (χ4n) is 5.31. The molecule has 0 bridgehead atoms. The number of likely N-dealkylation sites (N-methyl/N-ethyl adjacent to an activating group) is 1. The maximum absolute atomic E-state index is 13.8. The second kappa shape index (κ2) is 15.1. The topological polar surface area (TPSA) is 122 Å². The van der Waals surface area contributed by atoms with Crippen molar-refractivity contribution in [1.82, 2.24) is 25.4 Å². The van der Waals surface area contributed by atoms with Crippen LogP contribution < -0.4 is 16.4 Å². The summed E-state index contributed by atoms with van der Waals surface area (Å²) in [5.41, 5.74) is 6.48. The molecule has 1 saturated heterocycles. The summed E-state index contributed by atoms with van der Waals surface area (Å²) in [4.78, 5) is 37.0. The van der Waals surface area contributed by atoms with Crippen molar-refractivity contribution in [3.05, 3.63) is 60.2 Å². The van der Waals surface area contributed by atoms with E-state index in [9.17, 15) is 9.59 Å². The first-order chi connectivity index (χ1) is 18.7. The van der Waals surface area contributed by atoms with Gasteiger partial charge in [0.1, 0.15) is 11.7 Å². The minimum atomic E-state index is -0.780. The van der Waals surface area contributed by atoms with E-state index in [-0.39, 0.29) is 30.2 Å². The lowest BCUT2D eigenvalue weighted by molar-refractivity contribution is -0.123. The Kier molecular flexibility index (Phi) is 11.9. The Hall–Kier alpha value is -2.82. The molecule has 9 nitrogen and oxygen atoms in total. The molecule has 1 aliphatic rings. The standard InChI is InChI=1S/C29H45BN6O3/c1-22(2)18-26(30-36(4)21-29(3,39-30)14-10-5-6-11-15-31)35-27(37)24(19-23-12-8-7-9-13-23)34-28(38)25-20-32-16-17-33-25/h7-9,12-13,16-17,20,22,24,26H,5-6,10-11,14-15,18-19,21,31H2,1-4H3,(H,34,38)(H,35,37)/t24?,26?,29-/m0/s1. The molecule has 2 unspecified atom stereocenters. The third kappa shape index (κ3) is 9.71. The van der Waals surface area contributed by atoms with Crippen molar-refractivity contribution in [1.29, 1.82) is 0 Å². The number of aromatic nitrogens is 2. The molecule has 4 N–H and O–H groups in total. The Balaban J connectivity index is 1.73. The summed E-state index contributed by atoms with van der Waals surface area (Å²) in [6.45, 7) is 7.99. The zero-order valence-corrected chi connectivity index (χ0v) is 23.9. The van der Waals surface area contributed by atoms with Crippen LogP contribution in [0.15, 0.2) is 48.9 Å². The van der Waals surface area contributed by atoms with Crippen LogP contribution in [-0.2, 0) is 15.9 Å². The van der Waals surface area contributed by atoms with Crippen LogP contribution in [0.1, 0.15) is 75.3 Å². The van der Waals surface area contributed by atoms with Crippen LogP contribution in [-0.4, -0.2) is 71.4 Å². The molecule has 2 heterocycles. The molecule has 2 aromatic rings. The molecule has 0 saturated carbocycles. The molecule has 10 heteroatoms. The van der Waals surface area contributed by atoms with Crippen LogP contribution in [0.3, 0.4) is 0 Å². The third-order valence-corrected chi connectivity index (χ3v) is 7.18. The lowest BCUT2D eigenvalue weighted by atomic mass is 9.68. The molecular weight excluding hydrogens is 491 g/mol. The lowest BCUT2D eigenvalue weighted by Gasteiger charge is -2.29. The van der Waals surface area contributed by atoms with Crippen LogP contribution in [0.5, 0.6) is 0 Å². The highest BCUT2D eigenvalue weighted by Gasteiger charge is 2.47. The SMILES string of the molecule is CC(C)CC(NC(=O)C(Cc1ccccc1)NC(=O)c1cnccn1)B1O[C@@](C)(CCCCCCN)CN1C. The van der Waals surface area contributed by atoms with E-state index in [4.69, 9.17) is 10.4 Å². The summed E-state index contributed by atoms with van der Waals surface area (Å²) in [5, 5.41) is 6.14. The van der Waals surface area contributed by atoms with Crippen molar-refractivity contribution in [3.63, 3.8) is 0 Å². The summed E-state index contributed by atoms with van der Waals surface area (Å²) in [7, 11) is 1.81. The van der Waals surface area contributed by atoms with Gasteiger partial charge in [-0.05, 0) is 51.3 Å². The van der Waals surface area contributed by atoms with Gasteiger partial charge in [0.2, 0.25) is 5.91 Å². The highest BCUT2D eigenvalue weighted by molar-refractivity contribution is 6.51. The first-order valence-corrected chi connectivity index (χ1v) is 14.2. The number of carbonyl (C=O) groups is 2. The van der Waals surface area contributed by atoms with Gasteiger partial charge in [-0.3, -0.25) is 14.6 Å². The number of nitrogens with two attached hydrogens (primary N) is 1. The van der Waals surface area contributed by atoms with E-state index in [0.717, 1.165) is 57.2 Å². The van der Waals surface area contributed by atoms with E-state index in [0.29, 0.717) is 12.3 Å². The highest BCUT2D eigenvalue weighted by atomic mass is 16.5. The zero-order chi connectivity index (χ0) is 28.3. The van der Waals surface area contributed by atoms with Gasteiger partial charge in [-0.25, -0.2) is 4.98 Å². The molecule has 212 valence electrons. The Bertz CT molecular complexity index is 1030. The fourth-order valence-corrected chi connectivity index (χ4v) is 5.31. The predicted molar refractivity (Wildman–Crippen MR) is 155 cm³/mol. The minimum absolute atomic E-state index is 0.170. The maximum Gasteiger partial charge on any atom is 0.406 e. The van der Waals surface area contributed by atoms with E-state index in [1.807, 2.05) is 30.3 Å². The lowest BCUT2D eigenvalue weighted by Crippen LogP contribution is -2.58. The van der Waals surface area contributed by atoms with E-state index in [1.54, 1.807) is 0 Å². The Morgan fingerprint density at radius 3 is 2.54 bits per heavy atom. The number of rotatable bonds is 15. The number of hydrogen-bond donors (Lipinski definition) is 3. The number of nitrogens with one attached hydrogen (secondary N) is 2. The number of amides is 2. The maximum atomic E-state index is 13.8. The first kappa shape index (κ1) is 30.7. The molecule has 0 aliphatic carbocycles. The van der Waals surface area contributed by atoms with E-state index < -0.39 is 11.9 Å². The zero-order valence-electron chi connectivity index (χ0n) is 23.9. The monoisotopic (exact) mass is 536 g/mol. The van der Waals surface area contributed by atoms with Gasteiger partial charge in [-0.1, -0.05) is 63.4 Å². The molecule has 0 radical (unpaired) electrons. The van der Waals surface area contributed by atoms with E-state index in [2.05, 4.69) is 53.2 Å². The van der Waals surface area contributed by atoms with Gasteiger partial charge in [-0.15, -0.1) is 0 Å². The molecule has 3 atom stereocenters. The minimum Gasteiger partial charge on any atom is -0.413 e. The number of hydrogen-bond acceptors (Lipinski definition) is 7. The van der Waals surface area contributed by atoms with Crippen LogP contribution in [0.2, 0.25) is 0 Å². The second-order valence-corrected chi connectivity index (χ2v) is 11.4. The summed E-state index contributed by atoms with van der Waals surface area (Å²) in [6, 6.07) is 8.90. The van der Waals surface area contributed by atoms with Crippen molar-refractivity contribution in [2.45, 2.75) is 83.3 Å². The summed E-state index contributed by atoms with van der Waals surface area (Å²) >= 11 is 0. The molecular formula is C29H45BN6O3. The molecule has 3 rings (SSSR count). The Morgan fingerprint density at radius 1 is 1.13 bits per heavy atom. The van der Waals surface area contributed by atoms with Crippen molar-refractivity contribution in [2.24, 2.45) is 11.7 Å². The van der Waals surface area contributed by atoms with E-state index in [1.165, 1.54) is 18.6 Å². The molecule has 1 aliphatic heterocycles. The van der Waals surface area contributed by atoms with Crippen LogP contribution >= 0.6 is 0 Å². The van der Waals surface area contributed by atoms with Gasteiger partial charge in [0.05, 0.1) is 17.7 Å². The summed E-state index contributed by atoms with van der Waals surface area (Å²) < 4.78 is 6.66. The van der Waals surface area contributed by atoms with Gasteiger partial charge in [0, 0.05) is 25.4 Å². The highest BCUT2D eigenvalue weighted by Crippen LogP contribution is 2.30. The normalized spacial score (nSPS) is 19.2. The number of unbranched alkanes of at least 4 members (excludes halogenated alkanes) is 3. The number of carbonyl (C=O) groups excluding carboxylic acids is 2. The summed E-state index contributed by atoms with van der Waals surface area (Å²) in [5.74, 6) is -0.560. The summed E-state index contributed by atoms with van der Waals surface area (Å²) in [6.07, 6.45) is 10.9. The first-order valence-electron chi connectivity index (χ1n) is 14.2. The molecule has 2 amide bonds. The molecule has 1 aromatic carbocycles. The average Bonchev–Trinajstić information content (AvgIpc) is 3.22. The largest absolute Gasteiger partial charge is 0.413 e. The number of benzene rings is 1. The van der Waals surface area contributed by atoms with Crippen LogP contribution in [0, 0.1) is 5.92 Å². The second-order valence-electron chi connectivity index (χ2n) is 11.4. The Morgan fingerprint density at radius 2 is 1.87 bits per heavy atom. The fraction of sp³-hybridized carbons (Fsp3) is 0.586. The van der Waals surface area contributed by atoms with Crippen molar-refractivity contribution >= 4 is 18.9 Å². The van der Waals surface area contributed by atoms with Crippen LogP contribution in [0.4, 0.5) is 0 Å². The Labute approximate surface area is 233 Å². The number of nitrogens with zero attached hydrogens (tertiary/aromatic N) is 3. The van der Waals surface area contributed by atoms with Gasteiger partial charge in [-0.2, -0.15) is 0 Å². The predicted octanol–water partition coefficient (Wildman–Crippen LogP) is 3.01. The van der Waals surface area contributed by atoms with Crippen LogP contribution in [0.25, 0.3) is 0 Å². The van der Waals surface area contributed by atoms with Gasteiger partial charge in [0.25, 0.3) is 5.91 Å². The quantitative estimate of drug-likeness (QED) is 0.236.